The summed E-state index contributed by atoms with van der Waals surface area (Å²) in [4.78, 5) is 15.2. The highest BCUT2D eigenvalue weighted by Gasteiger charge is 2.36. The molecule has 1 saturated heterocycles. The predicted octanol–water partition coefficient (Wildman–Crippen LogP) is 1.18. The normalized spacial score (nSPS) is 18.8. The molecule has 8 nitrogen and oxygen atoms in total. The van der Waals surface area contributed by atoms with E-state index in [0.717, 1.165) is 29.2 Å². The quantitative estimate of drug-likeness (QED) is 0.652. The van der Waals surface area contributed by atoms with Gasteiger partial charge in [-0.15, -0.1) is 0 Å². The van der Waals surface area contributed by atoms with Crippen LogP contribution in [0.3, 0.4) is 0 Å². The van der Waals surface area contributed by atoms with E-state index in [4.69, 9.17) is 9.47 Å². The highest BCUT2D eigenvalue weighted by atomic mass is 79.9. The first kappa shape index (κ1) is 21.7. The summed E-state index contributed by atoms with van der Waals surface area (Å²) in [7, 11) is -3.72. The summed E-state index contributed by atoms with van der Waals surface area (Å²) in [5.74, 6) is 1.39. The number of piperazine rings is 1. The number of rotatable bonds is 4. The number of fused-ring (bicyclic) bond motifs is 2. The van der Waals surface area contributed by atoms with E-state index in [1.165, 1.54) is 11.8 Å². The molecule has 3 aliphatic heterocycles. The molecule has 0 aliphatic carbocycles. The Bertz CT molecular complexity index is 1180. The predicted molar refractivity (Wildman–Crippen MR) is 122 cm³/mol. The molecule has 10 heteroatoms. The third-order valence-corrected chi connectivity index (χ3v) is 8.68. The van der Waals surface area contributed by atoms with E-state index in [-0.39, 0.29) is 17.6 Å². The van der Waals surface area contributed by atoms with Crippen LogP contribution in [0.1, 0.15) is 18.1 Å². The third-order valence-electron chi connectivity index (χ3n) is 6.31. The summed E-state index contributed by atoms with van der Waals surface area (Å²) < 4.78 is 40.3. The molecular formula is C22H25BrN3O5S+. The molecule has 0 radical (unpaired) electrons. The molecule has 0 saturated carbocycles. The van der Waals surface area contributed by atoms with Gasteiger partial charge in [0, 0.05) is 23.5 Å². The minimum atomic E-state index is -3.72. The summed E-state index contributed by atoms with van der Waals surface area (Å²) in [5.41, 5.74) is 2.57. The number of hydrogen-bond acceptors (Lipinski definition) is 5. The molecule has 3 aliphatic rings. The lowest BCUT2D eigenvalue weighted by Gasteiger charge is -2.32. The van der Waals surface area contributed by atoms with Crippen LogP contribution in [0, 0.1) is 0 Å². The number of hydrogen-bond donors (Lipinski definition) is 1. The minimum absolute atomic E-state index is 0.138. The molecule has 3 heterocycles. The van der Waals surface area contributed by atoms with E-state index in [9.17, 15) is 13.2 Å². The van der Waals surface area contributed by atoms with Crippen molar-refractivity contribution in [2.24, 2.45) is 0 Å². The Morgan fingerprint density at radius 2 is 1.84 bits per heavy atom. The van der Waals surface area contributed by atoms with Gasteiger partial charge in [0.15, 0.2) is 11.5 Å². The number of benzene rings is 2. The summed E-state index contributed by atoms with van der Waals surface area (Å²) in [5, 5.41) is 0. The number of nitrogens with one attached hydrogen (secondary N) is 1. The smallest absolute Gasteiger partial charge is 0.245 e. The molecule has 0 bridgehead atoms. The van der Waals surface area contributed by atoms with Gasteiger partial charge < -0.3 is 19.3 Å². The van der Waals surface area contributed by atoms with Crippen LogP contribution < -0.4 is 19.3 Å². The van der Waals surface area contributed by atoms with Crippen LogP contribution in [0.4, 0.5) is 5.69 Å². The summed E-state index contributed by atoms with van der Waals surface area (Å²) in [6.07, 6.45) is 0.657. The maximum absolute atomic E-state index is 13.6. The lowest BCUT2D eigenvalue weighted by Crippen LogP contribution is -3.13. The minimum Gasteiger partial charge on any atom is -0.454 e. The van der Waals surface area contributed by atoms with Crippen LogP contribution in [-0.4, -0.2) is 58.1 Å². The zero-order chi connectivity index (χ0) is 22.5. The number of amides is 1. The highest BCUT2D eigenvalue weighted by Crippen LogP contribution is 2.38. The Kier molecular flexibility index (Phi) is 5.65. The highest BCUT2D eigenvalue weighted by molar-refractivity contribution is 9.10. The molecule has 0 atom stereocenters. The first-order valence-electron chi connectivity index (χ1n) is 10.7. The molecule has 0 unspecified atom stereocenters. The van der Waals surface area contributed by atoms with Crippen LogP contribution in [-0.2, 0) is 27.8 Å². The number of carbonyl (C=O) groups is 1. The molecule has 1 amide bonds. The number of quaternary nitrogens is 1. The first-order valence-corrected chi connectivity index (χ1v) is 12.9. The second kappa shape index (κ2) is 8.33. The van der Waals surface area contributed by atoms with Crippen LogP contribution >= 0.6 is 15.9 Å². The number of halogens is 1. The van der Waals surface area contributed by atoms with Crippen molar-refractivity contribution in [1.82, 2.24) is 4.31 Å². The molecule has 2 aromatic rings. The number of nitrogens with zero attached hydrogens (tertiary/aromatic N) is 2. The van der Waals surface area contributed by atoms with Gasteiger partial charge >= 0.3 is 0 Å². The van der Waals surface area contributed by atoms with Gasteiger partial charge in [-0.2, -0.15) is 4.31 Å². The Balaban J connectivity index is 1.32. The zero-order valence-electron chi connectivity index (χ0n) is 17.8. The van der Waals surface area contributed by atoms with Gasteiger partial charge in [0.25, 0.3) is 0 Å². The standard InChI is InChI=1S/C22H24BrN3O5S/c1-15(27)26-5-4-17-11-18(23)12-21(22(17)26)32(28,29)25-8-6-24(7-9-25)13-16-2-3-19-20(10-16)31-14-30-19/h2-3,10-12H,4-9,13-14H2,1H3/p+1. The van der Waals surface area contributed by atoms with Crippen molar-refractivity contribution in [3.05, 3.63) is 45.9 Å². The fourth-order valence-corrected chi connectivity index (χ4v) is 7.04. The molecule has 32 heavy (non-hydrogen) atoms. The number of carbonyl (C=O) groups excluding carboxylic acids is 1. The van der Waals surface area contributed by atoms with Crippen molar-refractivity contribution in [3.63, 3.8) is 0 Å². The average molecular weight is 523 g/mol. The molecule has 5 rings (SSSR count). The van der Waals surface area contributed by atoms with Gasteiger partial charge in [-0.3, -0.25) is 4.79 Å². The van der Waals surface area contributed by atoms with Crippen molar-refractivity contribution in [1.29, 1.82) is 0 Å². The van der Waals surface area contributed by atoms with Crippen molar-refractivity contribution in [2.75, 3.05) is 44.4 Å². The van der Waals surface area contributed by atoms with Crippen molar-refractivity contribution >= 4 is 37.5 Å². The van der Waals surface area contributed by atoms with E-state index in [1.807, 2.05) is 24.3 Å². The fraction of sp³-hybridized carbons (Fsp3) is 0.409. The third kappa shape index (κ3) is 3.89. The van der Waals surface area contributed by atoms with Crippen LogP contribution in [0.2, 0.25) is 0 Å². The van der Waals surface area contributed by atoms with Gasteiger partial charge in [-0.25, -0.2) is 8.42 Å². The Morgan fingerprint density at radius 3 is 2.59 bits per heavy atom. The zero-order valence-corrected chi connectivity index (χ0v) is 20.2. The summed E-state index contributed by atoms with van der Waals surface area (Å²) in [6.45, 7) is 5.33. The summed E-state index contributed by atoms with van der Waals surface area (Å²) >= 11 is 3.45. The van der Waals surface area contributed by atoms with Gasteiger partial charge in [-0.05, 0) is 42.3 Å². The van der Waals surface area contributed by atoms with Crippen LogP contribution in [0.5, 0.6) is 11.5 Å². The molecule has 1 N–H and O–H groups in total. The Labute approximate surface area is 195 Å². The lowest BCUT2D eigenvalue weighted by atomic mass is 10.2. The van der Waals surface area contributed by atoms with Crippen LogP contribution in [0.25, 0.3) is 0 Å². The average Bonchev–Trinajstić information content (AvgIpc) is 3.40. The molecule has 1 fully saturated rings. The van der Waals surface area contributed by atoms with Crippen molar-refractivity contribution in [2.45, 2.75) is 24.8 Å². The van der Waals surface area contributed by atoms with Gasteiger partial charge in [-0.1, -0.05) is 15.9 Å². The van der Waals surface area contributed by atoms with Gasteiger partial charge in [0.05, 0.1) is 31.9 Å². The maximum atomic E-state index is 13.6. The lowest BCUT2D eigenvalue weighted by molar-refractivity contribution is -0.917. The van der Waals surface area contributed by atoms with Crippen molar-refractivity contribution < 1.29 is 27.6 Å². The SMILES string of the molecule is CC(=O)N1CCc2cc(Br)cc(S(=O)(=O)N3CC[NH+](Cc4ccc5c(c4)OCO5)CC3)c21. The Morgan fingerprint density at radius 1 is 1.09 bits per heavy atom. The topological polar surface area (TPSA) is 80.6 Å². The van der Waals surface area contributed by atoms with Crippen molar-refractivity contribution in [3.8, 4) is 11.5 Å². The Hall–Kier alpha value is -2.14. The number of anilines is 1. The van der Waals surface area contributed by atoms with E-state index < -0.39 is 10.0 Å². The second-order valence-corrected chi connectivity index (χ2v) is 11.2. The monoisotopic (exact) mass is 522 g/mol. The van der Waals surface area contributed by atoms with Crippen LogP contribution in [0.15, 0.2) is 39.7 Å². The largest absolute Gasteiger partial charge is 0.454 e. The van der Waals surface area contributed by atoms with E-state index in [1.54, 1.807) is 15.3 Å². The first-order chi connectivity index (χ1) is 15.3. The molecule has 0 aromatic heterocycles. The number of ether oxygens (including phenoxy) is 2. The molecule has 170 valence electrons. The van der Waals surface area contributed by atoms with Gasteiger partial charge in [0.2, 0.25) is 22.7 Å². The summed E-state index contributed by atoms with van der Waals surface area (Å²) in [6, 6.07) is 9.49. The van der Waals surface area contributed by atoms with Gasteiger partial charge in [0.1, 0.15) is 11.4 Å². The second-order valence-electron chi connectivity index (χ2n) is 8.35. The fourth-order valence-electron chi connectivity index (χ4n) is 4.68. The molecular weight excluding hydrogens is 498 g/mol. The maximum Gasteiger partial charge on any atom is 0.245 e. The van der Waals surface area contributed by atoms with E-state index in [0.29, 0.717) is 49.3 Å². The van der Waals surface area contributed by atoms with E-state index in [2.05, 4.69) is 15.9 Å². The number of sulfonamides is 1. The molecule has 0 spiro atoms. The molecule has 2 aromatic carbocycles. The van der Waals surface area contributed by atoms with E-state index >= 15 is 0 Å².